The molecule has 160 valence electrons. The Morgan fingerprint density at radius 1 is 1.07 bits per heavy atom. The molecule has 0 heterocycles. The van der Waals surface area contributed by atoms with E-state index in [4.69, 9.17) is 9.47 Å². The van der Waals surface area contributed by atoms with E-state index in [2.05, 4.69) is 10.5 Å². The number of esters is 1. The van der Waals surface area contributed by atoms with Crippen molar-refractivity contribution in [2.45, 2.75) is 19.9 Å². The molecular formula is C20H23N3O6S. The number of carbonyl (C=O) groups is 2. The van der Waals surface area contributed by atoms with Crippen LogP contribution in [0.2, 0.25) is 0 Å². The van der Waals surface area contributed by atoms with Gasteiger partial charge >= 0.3 is 5.97 Å². The number of nitrogens with zero attached hydrogens (tertiary/aromatic N) is 2. The summed E-state index contributed by atoms with van der Waals surface area (Å²) in [5, 5.41) is 3.86. The monoisotopic (exact) mass is 433 g/mol. The van der Waals surface area contributed by atoms with Gasteiger partial charge in [0.2, 0.25) is 10.0 Å². The van der Waals surface area contributed by atoms with E-state index in [9.17, 15) is 18.0 Å². The highest BCUT2D eigenvalue weighted by atomic mass is 32.2. The van der Waals surface area contributed by atoms with Gasteiger partial charge in [0, 0.05) is 6.92 Å². The molecule has 0 aliphatic carbocycles. The lowest BCUT2D eigenvalue weighted by atomic mass is 10.2. The minimum atomic E-state index is -3.74. The van der Waals surface area contributed by atoms with E-state index in [1.165, 1.54) is 27.2 Å². The highest BCUT2D eigenvalue weighted by Gasteiger charge is 2.29. The first-order valence-corrected chi connectivity index (χ1v) is 10.7. The molecule has 0 saturated carbocycles. The predicted octanol–water partition coefficient (Wildman–Crippen LogP) is 1.93. The second kappa shape index (κ2) is 9.88. The van der Waals surface area contributed by atoms with E-state index in [-0.39, 0.29) is 0 Å². The molecule has 0 aliphatic rings. The molecule has 2 aromatic carbocycles. The van der Waals surface area contributed by atoms with Gasteiger partial charge in [0.05, 0.1) is 25.3 Å². The van der Waals surface area contributed by atoms with Gasteiger partial charge in [-0.2, -0.15) is 5.10 Å². The van der Waals surface area contributed by atoms with Gasteiger partial charge < -0.3 is 9.47 Å². The standard InChI is InChI=1S/C20H23N3O6S/c1-14(23(30(4,26)27)17-7-11-18(28-3)12-8-17)20(25)22-21-13-16-5-9-19(10-6-16)29-15(2)24/h5-14H,1-4H3,(H,22,25)/b21-13-/t14-/m0/s1. The van der Waals surface area contributed by atoms with Gasteiger partial charge in [0.1, 0.15) is 17.5 Å². The van der Waals surface area contributed by atoms with Gasteiger partial charge in [-0.05, 0) is 61.0 Å². The number of sulfonamides is 1. The fourth-order valence-corrected chi connectivity index (χ4v) is 3.76. The Bertz CT molecular complexity index is 1020. The first-order chi connectivity index (χ1) is 14.1. The minimum Gasteiger partial charge on any atom is -0.497 e. The summed E-state index contributed by atoms with van der Waals surface area (Å²) in [5.41, 5.74) is 3.31. The Labute approximate surface area is 175 Å². The van der Waals surface area contributed by atoms with E-state index in [1.807, 2.05) is 0 Å². The molecular weight excluding hydrogens is 410 g/mol. The van der Waals surface area contributed by atoms with Crippen molar-refractivity contribution in [3.05, 3.63) is 54.1 Å². The zero-order valence-electron chi connectivity index (χ0n) is 17.0. The summed E-state index contributed by atoms with van der Waals surface area (Å²) in [6.45, 7) is 2.77. The van der Waals surface area contributed by atoms with Crippen molar-refractivity contribution in [3.63, 3.8) is 0 Å². The number of nitrogens with one attached hydrogen (secondary N) is 1. The largest absolute Gasteiger partial charge is 0.497 e. The fraction of sp³-hybridized carbons (Fsp3) is 0.250. The molecule has 2 rings (SSSR count). The molecule has 2 aromatic rings. The van der Waals surface area contributed by atoms with Crippen LogP contribution in [-0.4, -0.2) is 45.9 Å². The van der Waals surface area contributed by atoms with Crippen LogP contribution >= 0.6 is 0 Å². The minimum absolute atomic E-state index is 0.325. The summed E-state index contributed by atoms with van der Waals surface area (Å²) in [5.74, 6) is -0.0804. The molecule has 0 bridgehead atoms. The average molecular weight is 433 g/mol. The maximum Gasteiger partial charge on any atom is 0.308 e. The molecule has 1 atom stereocenters. The van der Waals surface area contributed by atoms with Crippen molar-refractivity contribution < 1.29 is 27.5 Å². The SMILES string of the molecule is COc1ccc(N([C@@H](C)C(=O)N/N=C\c2ccc(OC(C)=O)cc2)S(C)(=O)=O)cc1. The molecule has 30 heavy (non-hydrogen) atoms. The van der Waals surface area contributed by atoms with Gasteiger partial charge in [-0.1, -0.05) is 0 Å². The third-order valence-electron chi connectivity index (χ3n) is 3.95. The summed E-state index contributed by atoms with van der Waals surface area (Å²) in [7, 11) is -2.23. The highest BCUT2D eigenvalue weighted by Crippen LogP contribution is 2.23. The van der Waals surface area contributed by atoms with Crippen LogP contribution in [0, 0.1) is 0 Å². The second-order valence-corrected chi connectivity index (χ2v) is 8.19. The van der Waals surface area contributed by atoms with Crippen molar-refractivity contribution >= 4 is 33.8 Å². The number of amides is 1. The zero-order valence-corrected chi connectivity index (χ0v) is 17.8. The number of anilines is 1. The highest BCUT2D eigenvalue weighted by molar-refractivity contribution is 7.92. The molecule has 0 radical (unpaired) electrons. The number of rotatable bonds is 8. The van der Waals surface area contributed by atoms with Crippen molar-refractivity contribution in [3.8, 4) is 11.5 Å². The van der Waals surface area contributed by atoms with Gasteiger partial charge in [-0.3, -0.25) is 13.9 Å². The maximum absolute atomic E-state index is 12.5. The first kappa shape index (κ1) is 22.9. The Kier molecular flexibility index (Phi) is 7.54. The topological polar surface area (TPSA) is 114 Å². The van der Waals surface area contributed by atoms with Crippen molar-refractivity contribution in [1.29, 1.82) is 0 Å². The van der Waals surface area contributed by atoms with Crippen molar-refractivity contribution in [1.82, 2.24) is 5.43 Å². The van der Waals surface area contributed by atoms with Crippen LogP contribution in [0.4, 0.5) is 5.69 Å². The lowest BCUT2D eigenvalue weighted by molar-refractivity contribution is -0.131. The number of hydrazone groups is 1. The third kappa shape index (κ3) is 6.31. The molecule has 0 aliphatic heterocycles. The van der Waals surface area contributed by atoms with Crippen LogP contribution in [0.5, 0.6) is 11.5 Å². The van der Waals surface area contributed by atoms with Crippen molar-refractivity contribution in [2.75, 3.05) is 17.7 Å². The van der Waals surface area contributed by atoms with Gasteiger partial charge in [0.25, 0.3) is 5.91 Å². The molecule has 0 unspecified atom stereocenters. The molecule has 10 heteroatoms. The molecule has 0 saturated heterocycles. The van der Waals surface area contributed by atoms with Crippen LogP contribution in [-0.2, 0) is 19.6 Å². The van der Waals surface area contributed by atoms with Crippen LogP contribution < -0.4 is 19.2 Å². The van der Waals surface area contributed by atoms with E-state index in [0.29, 0.717) is 22.7 Å². The second-order valence-electron chi connectivity index (χ2n) is 6.33. The van der Waals surface area contributed by atoms with E-state index < -0.39 is 27.9 Å². The van der Waals surface area contributed by atoms with Gasteiger partial charge in [0.15, 0.2) is 0 Å². The summed E-state index contributed by atoms with van der Waals surface area (Å²) < 4.78 is 35.6. The molecule has 0 spiro atoms. The maximum atomic E-state index is 12.5. The summed E-state index contributed by atoms with van der Waals surface area (Å²) in [4.78, 5) is 23.4. The Morgan fingerprint density at radius 3 is 2.13 bits per heavy atom. The van der Waals surface area contributed by atoms with Crippen molar-refractivity contribution in [2.24, 2.45) is 5.10 Å². The number of hydrogen-bond donors (Lipinski definition) is 1. The molecule has 0 fully saturated rings. The predicted molar refractivity (Wildman–Crippen MR) is 113 cm³/mol. The first-order valence-electron chi connectivity index (χ1n) is 8.86. The quantitative estimate of drug-likeness (QED) is 0.294. The Morgan fingerprint density at radius 2 is 1.63 bits per heavy atom. The third-order valence-corrected chi connectivity index (χ3v) is 5.19. The fourth-order valence-electron chi connectivity index (χ4n) is 2.59. The summed E-state index contributed by atoms with van der Waals surface area (Å²) >= 11 is 0. The smallest absolute Gasteiger partial charge is 0.308 e. The van der Waals surface area contributed by atoms with Gasteiger partial charge in [-0.25, -0.2) is 13.8 Å². The number of ether oxygens (including phenoxy) is 2. The number of benzene rings is 2. The Balaban J connectivity index is 2.09. The summed E-state index contributed by atoms with van der Waals surface area (Å²) in [6, 6.07) is 11.7. The van der Waals surface area contributed by atoms with Crippen LogP contribution in [0.3, 0.4) is 0 Å². The molecule has 0 aromatic heterocycles. The van der Waals surface area contributed by atoms with E-state index in [1.54, 1.807) is 48.5 Å². The molecule has 9 nitrogen and oxygen atoms in total. The van der Waals surface area contributed by atoms with Crippen LogP contribution in [0.25, 0.3) is 0 Å². The van der Waals surface area contributed by atoms with E-state index >= 15 is 0 Å². The Hall–Kier alpha value is -3.40. The molecule has 1 amide bonds. The number of carbonyl (C=O) groups excluding carboxylic acids is 2. The van der Waals surface area contributed by atoms with Crippen LogP contribution in [0.1, 0.15) is 19.4 Å². The van der Waals surface area contributed by atoms with Gasteiger partial charge in [-0.15, -0.1) is 0 Å². The zero-order chi connectivity index (χ0) is 22.3. The lowest BCUT2D eigenvalue weighted by Gasteiger charge is -2.27. The normalized spacial score (nSPS) is 12.3. The van der Waals surface area contributed by atoms with Crippen LogP contribution in [0.15, 0.2) is 53.6 Å². The number of hydrogen-bond acceptors (Lipinski definition) is 7. The molecule has 1 N–H and O–H groups in total. The lowest BCUT2D eigenvalue weighted by Crippen LogP contribution is -2.46. The number of methoxy groups -OCH3 is 1. The van der Waals surface area contributed by atoms with E-state index in [0.717, 1.165) is 10.6 Å². The summed E-state index contributed by atoms with van der Waals surface area (Å²) in [6.07, 6.45) is 2.41. The average Bonchev–Trinajstić information content (AvgIpc) is 2.68.